The second kappa shape index (κ2) is 6.14. The molecule has 2 N–H and O–H groups in total. The Morgan fingerprint density at radius 3 is 2.32 bits per heavy atom. The van der Waals surface area contributed by atoms with Crippen molar-refractivity contribution in [2.75, 3.05) is 20.7 Å². The van der Waals surface area contributed by atoms with Gasteiger partial charge in [-0.2, -0.15) is 4.31 Å². The number of ether oxygens (including phenoxy) is 1. The Labute approximate surface area is 113 Å². The molecular weight excluding hydrogens is 268 g/mol. The van der Waals surface area contributed by atoms with Crippen LogP contribution in [0.3, 0.4) is 0 Å². The van der Waals surface area contributed by atoms with Gasteiger partial charge in [-0.05, 0) is 31.2 Å². The number of nitrogens with zero attached hydrogens (tertiary/aromatic N) is 1. The van der Waals surface area contributed by atoms with Crippen molar-refractivity contribution in [3.8, 4) is 0 Å². The van der Waals surface area contributed by atoms with Gasteiger partial charge in [0.25, 0.3) is 0 Å². The lowest BCUT2D eigenvalue weighted by Crippen LogP contribution is -2.39. The summed E-state index contributed by atoms with van der Waals surface area (Å²) >= 11 is 0. The van der Waals surface area contributed by atoms with Crippen molar-refractivity contribution in [3.63, 3.8) is 0 Å². The van der Waals surface area contributed by atoms with Crippen molar-refractivity contribution in [2.24, 2.45) is 5.73 Å². The molecule has 0 heterocycles. The summed E-state index contributed by atoms with van der Waals surface area (Å²) in [5, 5.41) is 0. The highest BCUT2D eigenvalue weighted by Gasteiger charge is 2.24. The van der Waals surface area contributed by atoms with E-state index in [-0.39, 0.29) is 17.5 Å². The van der Waals surface area contributed by atoms with Crippen LogP contribution in [0.4, 0.5) is 0 Å². The van der Waals surface area contributed by atoms with E-state index in [0.29, 0.717) is 5.56 Å². The number of esters is 1. The zero-order valence-electron chi connectivity index (χ0n) is 11.2. The molecule has 1 atom stereocenters. The summed E-state index contributed by atoms with van der Waals surface area (Å²) in [4.78, 5) is 11.4. The molecule has 1 aromatic carbocycles. The Morgan fingerprint density at radius 1 is 1.37 bits per heavy atom. The third-order valence-electron chi connectivity index (χ3n) is 2.91. The molecule has 0 aliphatic carbocycles. The molecule has 0 fully saturated rings. The van der Waals surface area contributed by atoms with Crippen LogP contribution in [0.1, 0.15) is 17.3 Å². The number of rotatable bonds is 5. The first kappa shape index (κ1) is 15.6. The van der Waals surface area contributed by atoms with Crippen molar-refractivity contribution in [2.45, 2.75) is 17.9 Å². The number of methoxy groups -OCH3 is 1. The summed E-state index contributed by atoms with van der Waals surface area (Å²) in [6, 6.07) is 5.28. The van der Waals surface area contributed by atoms with Crippen molar-refractivity contribution in [3.05, 3.63) is 29.8 Å². The van der Waals surface area contributed by atoms with Gasteiger partial charge in [0.05, 0.1) is 17.6 Å². The molecule has 1 unspecified atom stereocenters. The number of benzene rings is 1. The van der Waals surface area contributed by atoms with E-state index >= 15 is 0 Å². The van der Waals surface area contributed by atoms with Crippen LogP contribution >= 0.6 is 0 Å². The molecular formula is C12H18N2O4S. The Kier molecular flexibility index (Phi) is 5.04. The molecule has 0 spiro atoms. The van der Waals surface area contributed by atoms with Crippen LogP contribution in [0.25, 0.3) is 0 Å². The van der Waals surface area contributed by atoms with Gasteiger partial charge in [0, 0.05) is 19.6 Å². The number of carbonyl (C=O) groups excluding carboxylic acids is 1. The lowest BCUT2D eigenvalue weighted by molar-refractivity contribution is 0.0600. The van der Waals surface area contributed by atoms with E-state index < -0.39 is 16.0 Å². The second-order valence-corrected chi connectivity index (χ2v) is 6.12. The van der Waals surface area contributed by atoms with E-state index in [1.54, 1.807) is 6.92 Å². The van der Waals surface area contributed by atoms with E-state index in [2.05, 4.69) is 4.74 Å². The number of hydrogen-bond acceptors (Lipinski definition) is 5. The predicted octanol–water partition coefficient (Wildman–Crippen LogP) is 0.441. The first-order valence-electron chi connectivity index (χ1n) is 5.71. The Hall–Kier alpha value is -1.44. The quantitative estimate of drug-likeness (QED) is 0.793. The van der Waals surface area contributed by atoms with Gasteiger partial charge in [-0.25, -0.2) is 13.2 Å². The normalized spacial score (nSPS) is 13.3. The summed E-state index contributed by atoms with van der Waals surface area (Å²) in [7, 11) is -0.857. The summed E-state index contributed by atoms with van der Waals surface area (Å²) in [6.45, 7) is 1.95. The monoisotopic (exact) mass is 286 g/mol. The van der Waals surface area contributed by atoms with Gasteiger partial charge in [-0.3, -0.25) is 0 Å². The summed E-state index contributed by atoms with van der Waals surface area (Å²) in [5.41, 5.74) is 5.76. The second-order valence-electron chi connectivity index (χ2n) is 4.12. The molecule has 1 aromatic rings. The van der Waals surface area contributed by atoms with Crippen molar-refractivity contribution in [1.82, 2.24) is 4.31 Å². The van der Waals surface area contributed by atoms with Crippen molar-refractivity contribution >= 4 is 16.0 Å². The minimum absolute atomic E-state index is 0.114. The Balaban J connectivity index is 3.06. The fourth-order valence-electron chi connectivity index (χ4n) is 1.43. The zero-order chi connectivity index (χ0) is 14.6. The molecule has 0 radical (unpaired) electrons. The van der Waals surface area contributed by atoms with Gasteiger partial charge in [-0.15, -0.1) is 0 Å². The van der Waals surface area contributed by atoms with E-state index in [1.807, 2.05) is 0 Å². The lowest BCUT2D eigenvalue weighted by atomic mass is 10.2. The third-order valence-corrected chi connectivity index (χ3v) is 4.90. The van der Waals surface area contributed by atoms with Crippen molar-refractivity contribution < 1.29 is 17.9 Å². The van der Waals surface area contributed by atoms with Crippen LogP contribution in [0.5, 0.6) is 0 Å². The zero-order valence-corrected chi connectivity index (χ0v) is 12.0. The van der Waals surface area contributed by atoms with Gasteiger partial charge in [-0.1, -0.05) is 0 Å². The number of likely N-dealkylation sites (N-methyl/N-ethyl adjacent to an activating group) is 1. The fraction of sp³-hybridized carbons (Fsp3) is 0.417. The molecule has 0 bridgehead atoms. The molecule has 0 saturated carbocycles. The maximum atomic E-state index is 12.2. The molecule has 0 aliphatic rings. The maximum Gasteiger partial charge on any atom is 0.337 e. The largest absolute Gasteiger partial charge is 0.465 e. The molecule has 0 aliphatic heterocycles. The van der Waals surface area contributed by atoms with Crippen molar-refractivity contribution in [1.29, 1.82) is 0 Å². The predicted molar refractivity (Wildman–Crippen MR) is 71.2 cm³/mol. The first-order valence-corrected chi connectivity index (χ1v) is 7.15. The van der Waals surface area contributed by atoms with E-state index in [0.717, 1.165) is 0 Å². The summed E-state index contributed by atoms with van der Waals surface area (Å²) < 4.78 is 30.2. The van der Waals surface area contributed by atoms with E-state index in [9.17, 15) is 13.2 Å². The molecule has 1 rings (SSSR count). The van der Waals surface area contributed by atoms with Crippen LogP contribution in [0.2, 0.25) is 0 Å². The first-order chi connectivity index (χ1) is 8.84. The molecule has 0 saturated heterocycles. The van der Waals surface area contributed by atoms with Crippen LogP contribution in [0, 0.1) is 0 Å². The summed E-state index contributed by atoms with van der Waals surface area (Å²) in [5.74, 6) is -0.507. The number of nitrogens with two attached hydrogens (primary N) is 1. The Morgan fingerprint density at radius 2 is 1.89 bits per heavy atom. The van der Waals surface area contributed by atoms with Gasteiger partial charge in [0.15, 0.2) is 0 Å². The third kappa shape index (κ3) is 3.31. The van der Waals surface area contributed by atoms with Crippen LogP contribution in [-0.2, 0) is 14.8 Å². The molecule has 6 nitrogen and oxygen atoms in total. The lowest BCUT2D eigenvalue weighted by Gasteiger charge is -2.23. The number of sulfonamides is 1. The highest BCUT2D eigenvalue weighted by atomic mass is 32.2. The SMILES string of the molecule is COC(=O)c1ccc(S(=O)(=O)N(C)C(C)CN)cc1. The van der Waals surface area contributed by atoms with Crippen LogP contribution in [-0.4, -0.2) is 45.4 Å². The highest BCUT2D eigenvalue weighted by Crippen LogP contribution is 2.17. The molecule has 0 aromatic heterocycles. The van der Waals surface area contributed by atoms with Crippen LogP contribution in [0.15, 0.2) is 29.2 Å². The maximum absolute atomic E-state index is 12.2. The van der Waals surface area contributed by atoms with E-state index in [1.165, 1.54) is 42.7 Å². The van der Waals surface area contributed by atoms with E-state index in [4.69, 9.17) is 5.73 Å². The Bertz CT molecular complexity index is 539. The summed E-state index contributed by atoms with van der Waals surface area (Å²) in [6.07, 6.45) is 0. The van der Waals surface area contributed by atoms with Gasteiger partial charge in [0.2, 0.25) is 10.0 Å². The fourth-order valence-corrected chi connectivity index (χ4v) is 2.80. The molecule has 7 heteroatoms. The number of carbonyl (C=O) groups is 1. The molecule has 106 valence electrons. The average Bonchev–Trinajstić information content (AvgIpc) is 2.44. The van der Waals surface area contributed by atoms with Gasteiger partial charge >= 0.3 is 5.97 Å². The minimum atomic E-state index is -3.60. The molecule has 0 amide bonds. The smallest absolute Gasteiger partial charge is 0.337 e. The minimum Gasteiger partial charge on any atom is -0.465 e. The standard InChI is InChI=1S/C12H18N2O4S/c1-9(8-13)14(2)19(16,17)11-6-4-10(5-7-11)12(15)18-3/h4-7,9H,8,13H2,1-3H3. The van der Waals surface area contributed by atoms with Gasteiger partial charge in [0.1, 0.15) is 0 Å². The molecule has 19 heavy (non-hydrogen) atoms. The highest BCUT2D eigenvalue weighted by molar-refractivity contribution is 7.89. The van der Waals surface area contributed by atoms with Gasteiger partial charge < -0.3 is 10.5 Å². The van der Waals surface area contributed by atoms with Crippen LogP contribution < -0.4 is 5.73 Å². The topological polar surface area (TPSA) is 89.7 Å². The number of hydrogen-bond donors (Lipinski definition) is 1. The average molecular weight is 286 g/mol.